The summed E-state index contributed by atoms with van der Waals surface area (Å²) in [6, 6.07) is 8.95. The molecule has 1 rings (SSSR count). The van der Waals surface area contributed by atoms with Gasteiger partial charge in [-0.1, -0.05) is 0 Å². The molecule has 0 atom stereocenters. The molecule has 0 aliphatic heterocycles. The van der Waals surface area contributed by atoms with Crippen LogP contribution in [-0.4, -0.2) is 29.9 Å². The van der Waals surface area contributed by atoms with Crippen LogP contribution in [0.4, 0.5) is 0 Å². The van der Waals surface area contributed by atoms with Gasteiger partial charge in [-0.25, -0.2) is 0 Å². The third-order valence-corrected chi connectivity index (χ3v) is 9.68. The Kier molecular flexibility index (Phi) is 8.94. The summed E-state index contributed by atoms with van der Waals surface area (Å²) in [5, 5.41) is 1.42. The fraction of sp³-hybridized carbons (Fsp3) is 0.429. The van der Waals surface area contributed by atoms with E-state index in [1.165, 1.54) is 34.6 Å². The monoisotopic (exact) mass is 474 g/mol. The van der Waals surface area contributed by atoms with E-state index >= 15 is 0 Å². The summed E-state index contributed by atoms with van der Waals surface area (Å²) >= 11 is 3.78. The number of rotatable bonds is 7. The first-order valence-electron chi connectivity index (χ1n) is 5.94. The fourth-order valence-corrected chi connectivity index (χ4v) is 6.74. The second-order valence-electron chi connectivity index (χ2n) is 3.91. The molecular weight excluding hydrogens is 453 g/mol. The first-order valence-corrected chi connectivity index (χ1v) is 10.9. The molecule has 1 aromatic rings. The van der Waals surface area contributed by atoms with E-state index in [0.717, 1.165) is 15.0 Å². The summed E-state index contributed by atoms with van der Waals surface area (Å²) in [5.41, 5.74) is 1.35. The van der Waals surface area contributed by atoms with Gasteiger partial charge in [-0.2, -0.15) is 0 Å². The maximum atomic E-state index is 2.53. The van der Waals surface area contributed by atoms with Gasteiger partial charge in [0.15, 0.2) is 0 Å². The first kappa shape index (κ1) is 15.8. The van der Waals surface area contributed by atoms with Gasteiger partial charge in [0.05, 0.1) is 0 Å². The number of halogens is 1. The van der Waals surface area contributed by atoms with E-state index in [-0.39, 0.29) is 0 Å². The van der Waals surface area contributed by atoms with Gasteiger partial charge in [-0.3, -0.25) is 0 Å². The van der Waals surface area contributed by atoms with Crippen molar-refractivity contribution in [3.8, 4) is 0 Å². The Morgan fingerprint density at radius 1 is 1.24 bits per heavy atom. The molecular formula is C14H19ISe2. The number of benzene rings is 1. The van der Waals surface area contributed by atoms with Crippen LogP contribution in [0, 0.1) is 6.92 Å². The van der Waals surface area contributed by atoms with Crippen molar-refractivity contribution >= 4 is 57.0 Å². The second kappa shape index (κ2) is 9.63. The van der Waals surface area contributed by atoms with E-state index < -0.39 is 0 Å². The van der Waals surface area contributed by atoms with Crippen LogP contribution in [0.5, 0.6) is 0 Å². The van der Waals surface area contributed by atoms with E-state index in [1.54, 1.807) is 2.48 Å². The Bertz CT molecular complexity index is 344. The summed E-state index contributed by atoms with van der Waals surface area (Å²) < 4.78 is 3.09. The van der Waals surface area contributed by atoms with Crippen LogP contribution in [0.15, 0.2) is 31.7 Å². The van der Waals surface area contributed by atoms with Crippen LogP contribution in [0.2, 0.25) is 5.32 Å². The van der Waals surface area contributed by atoms with Crippen molar-refractivity contribution in [2.75, 3.05) is 0 Å². The molecule has 0 radical (unpaired) electrons. The van der Waals surface area contributed by atoms with Crippen molar-refractivity contribution in [2.24, 2.45) is 0 Å². The van der Waals surface area contributed by atoms with Crippen molar-refractivity contribution < 1.29 is 0 Å². The van der Waals surface area contributed by atoms with Crippen LogP contribution in [-0.2, 0) is 0 Å². The van der Waals surface area contributed by atoms with E-state index in [4.69, 9.17) is 0 Å². The third kappa shape index (κ3) is 7.69. The van der Waals surface area contributed by atoms with Gasteiger partial charge in [-0.05, 0) is 0 Å². The molecule has 0 bridgehead atoms. The van der Waals surface area contributed by atoms with Crippen LogP contribution in [0.1, 0.15) is 31.7 Å². The van der Waals surface area contributed by atoms with Crippen molar-refractivity contribution in [1.29, 1.82) is 0 Å². The average molecular weight is 472 g/mol. The molecule has 0 N–H and O–H groups in total. The van der Waals surface area contributed by atoms with Crippen molar-refractivity contribution in [1.82, 2.24) is 0 Å². The molecule has 0 aliphatic rings. The molecule has 0 unspecified atom stereocenters. The van der Waals surface area contributed by atoms with Gasteiger partial charge in [-0.15, -0.1) is 0 Å². The Morgan fingerprint density at radius 2 is 1.94 bits per heavy atom. The molecule has 0 saturated carbocycles. The second-order valence-corrected chi connectivity index (χ2v) is 11.1. The zero-order chi connectivity index (χ0) is 12.5. The van der Waals surface area contributed by atoms with Gasteiger partial charge in [0.2, 0.25) is 0 Å². The number of hydrogen-bond acceptors (Lipinski definition) is 0. The molecule has 3 heteroatoms. The molecule has 0 aromatic heterocycles. The van der Waals surface area contributed by atoms with E-state index in [9.17, 15) is 0 Å². The summed E-state index contributed by atoms with van der Waals surface area (Å²) in [6.45, 7) is 4.42. The molecule has 0 fully saturated rings. The van der Waals surface area contributed by atoms with Gasteiger partial charge in [0, 0.05) is 0 Å². The standard InChI is InChI=1S/C14H19ISe2/c1-3-4-5-10-16-14(15)11-17-13-8-6-12(2)7-9-13/h6-9,11H,3-5,10H2,1-2H3/b14-11-. The molecule has 0 nitrogen and oxygen atoms in total. The number of aryl methyl sites for hydroxylation is 1. The van der Waals surface area contributed by atoms with E-state index in [2.05, 4.69) is 65.7 Å². The van der Waals surface area contributed by atoms with E-state index in [1.807, 2.05) is 0 Å². The van der Waals surface area contributed by atoms with Crippen LogP contribution in [0.25, 0.3) is 0 Å². The van der Waals surface area contributed by atoms with Gasteiger partial charge in [0.25, 0.3) is 0 Å². The Morgan fingerprint density at radius 3 is 2.59 bits per heavy atom. The topological polar surface area (TPSA) is 0 Å². The predicted octanol–water partition coefficient (Wildman–Crippen LogP) is 3.87. The zero-order valence-corrected chi connectivity index (χ0v) is 16.0. The summed E-state index contributed by atoms with van der Waals surface area (Å²) in [4.78, 5) is 2.46. The first-order chi connectivity index (χ1) is 8.22. The molecule has 0 saturated heterocycles. The van der Waals surface area contributed by atoms with Gasteiger partial charge < -0.3 is 0 Å². The quantitative estimate of drug-likeness (QED) is 0.321. The summed E-state index contributed by atoms with van der Waals surface area (Å²) in [7, 11) is 0. The van der Waals surface area contributed by atoms with Crippen molar-refractivity contribution in [2.45, 2.75) is 38.4 Å². The Labute approximate surface area is 131 Å². The molecule has 0 amide bonds. The maximum absolute atomic E-state index is 2.53. The summed E-state index contributed by atoms with van der Waals surface area (Å²) in [5.74, 6) is 0. The fourth-order valence-electron chi connectivity index (χ4n) is 1.29. The minimum atomic E-state index is 0.525. The zero-order valence-electron chi connectivity index (χ0n) is 10.4. The number of unbranched alkanes of at least 4 members (excludes halogenated alkanes) is 2. The molecule has 0 heterocycles. The van der Waals surface area contributed by atoms with Crippen molar-refractivity contribution in [3.63, 3.8) is 0 Å². The summed E-state index contributed by atoms with van der Waals surface area (Å²) in [6.07, 6.45) is 4.15. The van der Waals surface area contributed by atoms with Gasteiger partial charge >= 0.3 is 133 Å². The average Bonchev–Trinajstić information content (AvgIpc) is 2.34. The van der Waals surface area contributed by atoms with E-state index in [0.29, 0.717) is 15.0 Å². The minimum absolute atomic E-state index is 0.525. The third-order valence-electron chi connectivity index (χ3n) is 2.30. The molecule has 0 spiro atoms. The van der Waals surface area contributed by atoms with Crippen LogP contribution >= 0.6 is 22.6 Å². The normalized spacial score (nSPS) is 11.8. The predicted molar refractivity (Wildman–Crippen MR) is 88.8 cm³/mol. The Balaban J connectivity index is 2.29. The van der Waals surface area contributed by atoms with Crippen molar-refractivity contribution in [3.05, 3.63) is 37.3 Å². The molecule has 17 heavy (non-hydrogen) atoms. The SMILES string of the molecule is CCCCC[Se]/C(I)=C\[Se]c1ccc(C)cc1. The molecule has 94 valence electrons. The van der Waals surface area contributed by atoms with Gasteiger partial charge in [0.1, 0.15) is 0 Å². The number of hydrogen-bond donors (Lipinski definition) is 0. The Hall–Kier alpha value is 0.729. The van der Waals surface area contributed by atoms with Crippen LogP contribution in [0.3, 0.4) is 0 Å². The molecule has 0 aliphatic carbocycles. The van der Waals surface area contributed by atoms with Crippen LogP contribution < -0.4 is 4.46 Å². The molecule has 1 aromatic carbocycles.